The first-order valence-corrected chi connectivity index (χ1v) is 14.9. The normalized spacial score (nSPS) is 12.9. The molecule has 5 aromatic rings. The molecule has 0 saturated heterocycles. The Labute approximate surface area is 259 Å². The van der Waals surface area contributed by atoms with Gasteiger partial charge in [0.05, 0.1) is 25.2 Å². The monoisotopic (exact) mass is 593 g/mol. The number of halogens is 1. The van der Waals surface area contributed by atoms with Crippen molar-refractivity contribution in [2.45, 2.75) is 44.6 Å². The highest BCUT2D eigenvalue weighted by molar-refractivity contribution is 5.95. The molecule has 2 aliphatic heterocycles. The maximum atomic E-state index is 5.91. The van der Waals surface area contributed by atoms with Crippen molar-refractivity contribution in [2.75, 3.05) is 21.0 Å². The van der Waals surface area contributed by atoms with Crippen LogP contribution in [0.15, 0.2) is 91.1 Å². The number of methoxy groups -OCH3 is 2. The van der Waals surface area contributed by atoms with E-state index in [-0.39, 0.29) is 19.2 Å². The third-order valence-corrected chi connectivity index (χ3v) is 8.82. The van der Waals surface area contributed by atoms with Crippen molar-refractivity contribution in [3.8, 4) is 34.3 Å². The first-order valence-electron chi connectivity index (χ1n) is 14.9. The lowest BCUT2D eigenvalue weighted by molar-refractivity contribution is -0.686. The Morgan fingerprint density at radius 2 is 1.49 bits per heavy atom. The second-order valence-corrected chi connectivity index (χ2v) is 11.1. The lowest BCUT2D eigenvalue weighted by Crippen LogP contribution is -3.00. The molecular weight excluding hydrogens is 558 g/mol. The number of benzene rings is 4. The summed E-state index contributed by atoms with van der Waals surface area (Å²) in [6, 6.07) is 30.4. The van der Waals surface area contributed by atoms with Crippen molar-refractivity contribution in [2.24, 2.45) is 0 Å². The van der Waals surface area contributed by atoms with Crippen molar-refractivity contribution in [1.82, 2.24) is 0 Å². The molecule has 0 aliphatic carbocycles. The summed E-state index contributed by atoms with van der Waals surface area (Å²) in [6.45, 7) is 1.18. The third kappa shape index (κ3) is 5.38. The van der Waals surface area contributed by atoms with Gasteiger partial charge in [0.1, 0.15) is 0 Å². The van der Waals surface area contributed by atoms with E-state index in [1.54, 1.807) is 14.2 Å². The number of nitrogens with zero attached hydrogens (tertiary/aromatic N) is 1. The number of unbranched alkanes of at least 4 members (excludes halogenated alkanes) is 1. The minimum Gasteiger partial charge on any atom is -1.00 e. The number of rotatable bonds is 9. The molecule has 0 fully saturated rings. The molecule has 0 atom stereocenters. The largest absolute Gasteiger partial charge is 1.00 e. The lowest BCUT2D eigenvalue weighted by atomic mass is 9.85. The molecule has 2 aliphatic rings. The van der Waals surface area contributed by atoms with E-state index in [4.69, 9.17) is 18.9 Å². The zero-order valence-electron chi connectivity index (χ0n) is 24.6. The summed E-state index contributed by atoms with van der Waals surface area (Å²) < 4.78 is 25.5. The molecule has 0 N–H and O–H groups in total. The van der Waals surface area contributed by atoms with Crippen LogP contribution in [0.1, 0.15) is 47.4 Å². The van der Waals surface area contributed by atoms with Gasteiger partial charge in [-0.15, -0.1) is 0 Å². The molecule has 5 nitrogen and oxygen atoms in total. The van der Waals surface area contributed by atoms with Crippen molar-refractivity contribution < 1.29 is 35.9 Å². The van der Waals surface area contributed by atoms with Gasteiger partial charge in [-0.3, -0.25) is 0 Å². The second kappa shape index (κ2) is 12.6. The van der Waals surface area contributed by atoms with Gasteiger partial charge in [-0.05, 0) is 60.2 Å². The number of hydrogen-bond acceptors (Lipinski definition) is 4. The van der Waals surface area contributed by atoms with Gasteiger partial charge < -0.3 is 31.4 Å². The molecule has 1 aromatic heterocycles. The number of aryl methyl sites for hydroxylation is 3. The predicted molar refractivity (Wildman–Crippen MR) is 165 cm³/mol. The van der Waals surface area contributed by atoms with E-state index in [9.17, 15) is 0 Å². The zero-order valence-corrected chi connectivity index (χ0v) is 25.4. The first-order chi connectivity index (χ1) is 20.7. The van der Waals surface area contributed by atoms with Gasteiger partial charge in [-0.25, -0.2) is 0 Å². The van der Waals surface area contributed by atoms with Gasteiger partial charge in [-0.1, -0.05) is 67.1 Å². The van der Waals surface area contributed by atoms with Gasteiger partial charge in [0.2, 0.25) is 12.5 Å². The van der Waals surface area contributed by atoms with Gasteiger partial charge in [-0.2, -0.15) is 4.57 Å². The SMILES string of the molecule is COc1ccc2c(CCCCC(c3ccccc3)c3ccccc3)c3[n+](cc2c1OC)CCc1cc2c(cc1-3)OCO2.[Cl-]. The number of pyridine rings is 1. The van der Waals surface area contributed by atoms with Crippen LogP contribution in [-0.4, -0.2) is 21.0 Å². The molecule has 4 aromatic carbocycles. The molecule has 3 heterocycles. The van der Waals surface area contributed by atoms with Crippen LogP contribution in [0, 0.1) is 0 Å². The molecule has 7 rings (SSSR count). The minimum atomic E-state index is 0. The Morgan fingerprint density at radius 3 is 2.16 bits per heavy atom. The summed E-state index contributed by atoms with van der Waals surface area (Å²) in [5, 5.41) is 2.30. The van der Waals surface area contributed by atoms with Crippen LogP contribution in [0.25, 0.3) is 22.0 Å². The summed E-state index contributed by atoms with van der Waals surface area (Å²) in [7, 11) is 3.43. The summed E-state index contributed by atoms with van der Waals surface area (Å²) in [5.41, 5.74) is 7.94. The Kier molecular flexibility index (Phi) is 8.44. The smallest absolute Gasteiger partial charge is 0.231 e. The number of hydrogen-bond donors (Lipinski definition) is 0. The van der Waals surface area contributed by atoms with Crippen LogP contribution in [0.4, 0.5) is 0 Å². The maximum absolute atomic E-state index is 5.91. The molecule has 0 spiro atoms. The van der Waals surface area contributed by atoms with E-state index >= 15 is 0 Å². The summed E-state index contributed by atoms with van der Waals surface area (Å²) in [6.07, 6.45) is 7.44. The topological polar surface area (TPSA) is 40.8 Å². The third-order valence-electron chi connectivity index (χ3n) is 8.82. The number of fused-ring (bicyclic) bond motifs is 5. The van der Waals surface area contributed by atoms with Gasteiger partial charge in [0.15, 0.2) is 35.7 Å². The minimum absolute atomic E-state index is 0. The van der Waals surface area contributed by atoms with E-state index in [1.807, 2.05) is 6.07 Å². The van der Waals surface area contributed by atoms with Crippen LogP contribution >= 0.6 is 0 Å². The Morgan fingerprint density at radius 1 is 0.791 bits per heavy atom. The predicted octanol–water partition coefficient (Wildman–Crippen LogP) is 4.65. The van der Waals surface area contributed by atoms with Gasteiger partial charge >= 0.3 is 0 Å². The first kappa shape index (κ1) is 28.9. The van der Waals surface area contributed by atoms with E-state index in [0.29, 0.717) is 5.92 Å². The fourth-order valence-electron chi connectivity index (χ4n) is 6.81. The molecule has 0 amide bonds. The Balaban J connectivity index is 0.00000329. The van der Waals surface area contributed by atoms with Crippen LogP contribution in [-0.2, 0) is 19.4 Å². The summed E-state index contributed by atoms with van der Waals surface area (Å²) in [5.74, 6) is 3.60. The molecule has 43 heavy (non-hydrogen) atoms. The summed E-state index contributed by atoms with van der Waals surface area (Å²) >= 11 is 0. The van der Waals surface area contributed by atoms with Crippen molar-refractivity contribution in [3.05, 3.63) is 113 Å². The molecule has 0 saturated carbocycles. The maximum Gasteiger partial charge on any atom is 0.231 e. The van der Waals surface area contributed by atoms with Crippen LogP contribution in [0.2, 0.25) is 0 Å². The Bertz CT molecular complexity index is 1700. The zero-order chi connectivity index (χ0) is 28.5. The molecule has 6 heteroatoms. The average Bonchev–Trinajstić information content (AvgIpc) is 3.51. The fourth-order valence-corrected chi connectivity index (χ4v) is 6.81. The van der Waals surface area contributed by atoms with Crippen LogP contribution in [0.5, 0.6) is 23.0 Å². The highest BCUT2D eigenvalue weighted by Gasteiger charge is 2.32. The van der Waals surface area contributed by atoms with Crippen molar-refractivity contribution >= 4 is 10.8 Å². The molecule has 0 radical (unpaired) electrons. The lowest BCUT2D eigenvalue weighted by Gasteiger charge is -2.21. The summed E-state index contributed by atoms with van der Waals surface area (Å²) in [4.78, 5) is 0. The van der Waals surface area contributed by atoms with Gasteiger partial charge in [0.25, 0.3) is 0 Å². The second-order valence-electron chi connectivity index (χ2n) is 11.1. The van der Waals surface area contributed by atoms with Crippen molar-refractivity contribution in [1.29, 1.82) is 0 Å². The molecule has 0 unspecified atom stereocenters. The number of aromatic nitrogens is 1. The van der Waals surface area contributed by atoms with Crippen molar-refractivity contribution in [3.63, 3.8) is 0 Å². The highest BCUT2D eigenvalue weighted by Crippen LogP contribution is 2.44. The van der Waals surface area contributed by atoms with Crippen LogP contribution in [0.3, 0.4) is 0 Å². The van der Waals surface area contributed by atoms with Crippen LogP contribution < -0.4 is 35.9 Å². The average molecular weight is 594 g/mol. The number of ether oxygens (including phenoxy) is 4. The molecule has 0 bridgehead atoms. The van der Waals surface area contributed by atoms with E-state index in [1.165, 1.54) is 38.9 Å². The highest BCUT2D eigenvalue weighted by atomic mass is 35.5. The van der Waals surface area contributed by atoms with E-state index < -0.39 is 0 Å². The van der Waals surface area contributed by atoms with E-state index in [0.717, 1.165) is 67.0 Å². The molecular formula is C37H36ClNO4. The Hall–Kier alpha value is -4.22. The van der Waals surface area contributed by atoms with E-state index in [2.05, 4.69) is 89.6 Å². The standard InChI is InChI=1S/C37H36NO4.ClH/c1-39-33-18-17-29-30(16-10-9-15-28(25-11-5-3-6-12-25)26-13-7-4-8-14-26)36-31-22-35-34(41-24-42-35)21-27(31)19-20-38(36)23-32(29)37(33)40-2;/h3-8,11-14,17-18,21-23,28H,9-10,15-16,19-20,24H2,1-2H3;1H/q+1;/p-1. The van der Waals surface area contributed by atoms with Gasteiger partial charge in [0, 0.05) is 23.3 Å². The molecule has 220 valence electrons. The fraction of sp³-hybridized carbons (Fsp3) is 0.270. The quantitative estimate of drug-likeness (QED) is 0.184.